The van der Waals surface area contributed by atoms with E-state index < -0.39 is 5.97 Å². The Morgan fingerprint density at radius 1 is 1.06 bits per heavy atom. The summed E-state index contributed by atoms with van der Waals surface area (Å²) in [5.74, 6) is 0.201. The monoisotopic (exact) mass is 487 g/mol. The first-order valence-electron chi connectivity index (χ1n) is 11.3. The number of carbonyl (C=O) groups is 1. The van der Waals surface area contributed by atoms with E-state index >= 15 is 0 Å². The maximum absolute atomic E-state index is 11.7. The predicted molar refractivity (Wildman–Crippen MR) is 138 cm³/mol. The summed E-state index contributed by atoms with van der Waals surface area (Å²) in [5, 5.41) is 11.1. The number of carboxylic acid groups (broad SMARTS) is 1. The highest BCUT2D eigenvalue weighted by Crippen LogP contribution is 2.42. The fourth-order valence-electron chi connectivity index (χ4n) is 4.81. The standard InChI is InChI=1S/C27H22ClN3O2S/c1-14-11-22-26(25(20(14)13-24(32)33)16-3-6-18(28)7-4-16)34-27(30-22)17-5-10-23-21(12-17)29-15(2)31(23)19-8-9-19/h3-7,10-12,19H,8-9,13H2,1-2H3,(H,32,33). The molecule has 1 N–H and O–H groups in total. The number of aryl methyl sites for hydroxylation is 2. The highest BCUT2D eigenvalue weighted by atomic mass is 35.5. The number of nitrogens with zero attached hydrogens (tertiary/aromatic N) is 3. The fourth-order valence-corrected chi connectivity index (χ4v) is 6.07. The van der Waals surface area contributed by atoms with Crippen molar-refractivity contribution >= 4 is 50.2 Å². The minimum atomic E-state index is -0.852. The van der Waals surface area contributed by atoms with Gasteiger partial charge in [0.1, 0.15) is 10.8 Å². The summed E-state index contributed by atoms with van der Waals surface area (Å²) >= 11 is 7.72. The summed E-state index contributed by atoms with van der Waals surface area (Å²) in [4.78, 5) is 21.5. The summed E-state index contributed by atoms with van der Waals surface area (Å²) in [6.07, 6.45) is 2.39. The van der Waals surface area contributed by atoms with Crippen molar-refractivity contribution in [3.8, 4) is 21.7 Å². The van der Waals surface area contributed by atoms with Crippen molar-refractivity contribution in [2.24, 2.45) is 0 Å². The molecule has 2 aromatic heterocycles. The summed E-state index contributed by atoms with van der Waals surface area (Å²) in [6.45, 7) is 4.02. The molecular formula is C27H22ClN3O2S. The van der Waals surface area contributed by atoms with Gasteiger partial charge in [-0.05, 0) is 79.8 Å². The number of carboxylic acids is 1. The Morgan fingerprint density at radius 2 is 1.79 bits per heavy atom. The van der Waals surface area contributed by atoms with E-state index in [0.29, 0.717) is 11.1 Å². The van der Waals surface area contributed by atoms with E-state index in [0.717, 1.165) is 54.4 Å². The molecule has 0 unspecified atom stereocenters. The van der Waals surface area contributed by atoms with Crippen LogP contribution >= 0.6 is 22.9 Å². The van der Waals surface area contributed by atoms with Crippen molar-refractivity contribution in [2.45, 2.75) is 39.2 Å². The van der Waals surface area contributed by atoms with Crippen LogP contribution in [0.2, 0.25) is 5.02 Å². The highest BCUT2D eigenvalue weighted by Gasteiger charge is 2.27. The van der Waals surface area contributed by atoms with Crippen molar-refractivity contribution < 1.29 is 9.90 Å². The SMILES string of the molecule is Cc1cc2nc(-c3ccc4c(c3)nc(C)n4C3CC3)sc2c(-c2ccc(Cl)cc2)c1CC(=O)O. The molecule has 1 fully saturated rings. The normalized spacial score (nSPS) is 13.7. The lowest BCUT2D eigenvalue weighted by Crippen LogP contribution is -2.04. The lowest BCUT2D eigenvalue weighted by atomic mass is 9.93. The summed E-state index contributed by atoms with van der Waals surface area (Å²) in [6, 6.07) is 16.5. The van der Waals surface area contributed by atoms with Gasteiger partial charge in [0.05, 0.1) is 27.7 Å². The molecule has 0 aliphatic heterocycles. The third kappa shape index (κ3) is 3.58. The number of benzene rings is 3. The number of thiazole rings is 1. The van der Waals surface area contributed by atoms with Crippen molar-refractivity contribution in [3.63, 3.8) is 0 Å². The zero-order valence-electron chi connectivity index (χ0n) is 18.8. The van der Waals surface area contributed by atoms with Gasteiger partial charge in [-0.2, -0.15) is 0 Å². The van der Waals surface area contributed by atoms with Crippen LogP contribution in [-0.2, 0) is 11.2 Å². The van der Waals surface area contributed by atoms with Gasteiger partial charge in [-0.3, -0.25) is 4.79 Å². The van der Waals surface area contributed by atoms with Crippen molar-refractivity contribution in [2.75, 3.05) is 0 Å². The molecule has 1 saturated carbocycles. The molecule has 1 aliphatic rings. The molecule has 1 aliphatic carbocycles. The second-order valence-electron chi connectivity index (χ2n) is 8.96. The molecule has 0 amide bonds. The Balaban J connectivity index is 1.54. The van der Waals surface area contributed by atoms with Crippen LogP contribution in [0.4, 0.5) is 0 Å². The van der Waals surface area contributed by atoms with Gasteiger partial charge in [0, 0.05) is 22.2 Å². The zero-order chi connectivity index (χ0) is 23.6. The van der Waals surface area contributed by atoms with E-state index in [2.05, 4.69) is 29.7 Å². The molecular weight excluding hydrogens is 466 g/mol. The van der Waals surface area contributed by atoms with E-state index in [9.17, 15) is 9.90 Å². The van der Waals surface area contributed by atoms with Gasteiger partial charge in [0.15, 0.2) is 0 Å². The number of fused-ring (bicyclic) bond motifs is 2. The zero-order valence-corrected chi connectivity index (χ0v) is 20.4. The van der Waals surface area contributed by atoms with Crippen LogP contribution in [-0.4, -0.2) is 25.6 Å². The van der Waals surface area contributed by atoms with Crippen LogP contribution in [0.1, 0.15) is 35.8 Å². The number of aromatic nitrogens is 3. The van der Waals surface area contributed by atoms with Gasteiger partial charge < -0.3 is 9.67 Å². The quantitative estimate of drug-likeness (QED) is 0.284. The van der Waals surface area contributed by atoms with E-state index in [4.69, 9.17) is 21.6 Å². The first-order valence-corrected chi connectivity index (χ1v) is 12.5. The molecule has 2 heterocycles. The van der Waals surface area contributed by atoms with Crippen molar-refractivity contribution in [3.05, 3.63) is 70.5 Å². The first-order chi connectivity index (χ1) is 16.4. The number of imidazole rings is 1. The molecule has 0 saturated heterocycles. The van der Waals surface area contributed by atoms with E-state index in [1.807, 2.05) is 37.3 Å². The Labute approximate surface area is 205 Å². The fraction of sp³-hybridized carbons (Fsp3) is 0.222. The van der Waals surface area contributed by atoms with Crippen LogP contribution in [0.15, 0.2) is 48.5 Å². The lowest BCUT2D eigenvalue weighted by Gasteiger charge is -2.13. The van der Waals surface area contributed by atoms with Gasteiger partial charge >= 0.3 is 5.97 Å². The maximum atomic E-state index is 11.7. The van der Waals surface area contributed by atoms with Crippen LogP contribution in [0.25, 0.3) is 42.9 Å². The van der Waals surface area contributed by atoms with Crippen molar-refractivity contribution in [1.82, 2.24) is 14.5 Å². The molecule has 0 atom stereocenters. The second kappa shape index (κ2) is 7.93. The van der Waals surface area contributed by atoms with Gasteiger partial charge in [0.2, 0.25) is 0 Å². The number of hydrogen-bond donors (Lipinski definition) is 1. The Kier molecular flexibility index (Phi) is 4.97. The Morgan fingerprint density at radius 3 is 2.50 bits per heavy atom. The number of hydrogen-bond acceptors (Lipinski definition) is 4. The average Bonchev–Trinajstić information content (AvgIpc) is 3.45. The first kappa shape index (κ1) is 21.3. The molecule has 0 spiro atoms. The topological polar surface area (TPSA) is 68.0 Å². The Hall–Kier alpha value is -3.22. The average molecular weight is 488 g/mol. The third-order valence-corrected chi connectivity index (χ3v) is 7.89. The molecule has 3 aromatic carbocycles. The van der Waals surface area contributed by atoms with Gasteiger partial charge in [-0.1, -0.05) is 23.7 Å². The molecule has 5 aromatic rings. The molecule has 170 valence electrons. The third-order valence-electron chi connectivity index (χ3n) is 6.50. The van der Waals surface area contributed by atoms with E-state index in [1.54, 1.807) is 11.3 Å². The molecule has 7 heteroatoms. The maximum Gasteiger partial charge on any atom is 0.307 e. The number of rotatable bonds is 5. The van der Waals surface area contributed by atoms with E-state index in [1.165, 1.54) is 18.4 Å². The lowest BCUT2D eigenvalue weighted by molar-refractivity contribution is -0.136. The summed E-state index contributed by atoms with van der Waals surface area (Å²) in [5.41, 5.74) is 7.66. The number of halogens is 1. The molecule has 5 nitrogen and oxygen atoms in total. The molecule has 34 heavy (non-hydrogen) atoms. The Bertz CT molecular complexity index is 1600. The van der Waals surface area contributed by atoms with Crippen LogP contribution in [0.3, 0.4) is 0 Å². The summed E-state index contributed by atoms with van der Waals surface area (Å²) in [7, 11) is 0. The van der Waals surface area contributed by atoms with E-state index in [-0.39, 0.29) is 6.42 Å². The molecule has 6 rings (SSSR count). The smallest absolute Gasteiger partial charge is 0.307 e. The van der Waals surface area contributed by atoms with Crippen molar-refractivity contribution in [1.29, 1.82) is 0 Å². The summed E-state index contributed by atoms with van der Waals surface area (Å²) < 4.78 is 3.33. The van der Waals surface area contributed by atoms with Gasteiger partial charge in [-0.25, -0.2) is 9.97 Å². The van der Waals surface area contributed by atoms with Crippen LogP contribution in [0.5, 0.6) is 0 Å². The minimum absolute atomic E-state index is 0.0448. The largest absolute Gasteiger partial charge is 0.481 e. The second-order valence-corrected chi connectivity index (χ2v) is 10.4. The minimum Gasteiger partial charge on any atom is -0.481 e. The van der Waals surface area contributed by atoms with Crippen LogP contribution < -0.4 is 0 Å². The molecule has 0 radical (unpaired) electrons. The van der Waals surface area contributed by atoms with Crippen LogP contribution in [0, 0.1) is 13.8 Å². The van der Waals surface area contributed by atoms with Gasteiger partial charge in [-0.15, -0.1) is 11.3 Å². The highest BCUT2D eigenvalue weighted by molar-refractivity contribution is 7.22. The van der Waals surface area contributed by atoms with Gasteiger partial charge in [0.25, 0.3) is 0 Å². The predicted octanol–water partition coefficient (Wildman–Crippen LogP) is 7.21. The molecule has 0 bridgehead atoms. The number of aliphatic carboxylic acids is 1.